The molecule has 82 valence electrons. The van der Waals surface area contributed by atoms with Gasteiger partial charge in [0, 0.05) is 6.42 Å². The fourth-order valence-electron chi connectivity index (χ4n) is 0.996. The summed E-state index contributed by atoms with van der Waals surface area (Å²) in [5, 5.41) is 27.4. The summed E-state index contributed by atoms with van der Waals surface area (Å²) in [7, 11) is 0. The Morgan fingerprint density at radius 1 is 1.20 bits per heavy atom. The van der Waals surface area contributed by atoms with E-state index in [9.17, 15) is 9.59 Å². The van der Waals surface area contributed by atoms with Crippen LogP contribution in [0.15, 0.2) is 0 Å². The zero-order valence-corrected chi connectivity index (χ0v) is 7.83. The number of aliphatic carboxylic acids is 2. The van der Waals surface area contributed by atoms with Crippen molar-refractivity contribution in [2.75, 3.05) is 0 Å². The second-order valence-electron chi connectivity index (χ2n) is 2.86. The SMILES string of the molecule is O=C(O)CCc1nnnn1CCC(=O)O. The van der Waals surface area contributed by atoms with Gasteiger partial charge in [-0.1, -0.05) is 0 Å². The van der Waals surface area contributed by atoms with Gasteiger partial charge in [-0.25, -0.2) is 4.68 Å². The molecular formula is C7H10N4O4. The molecule has 0 aromatic carbocycles. The minimum Gasteiger partial charge on any atom is -0.481 e. The summed E-state index contributed by atoms with van der Waals surface area (Å²) in [5.74, 6) is -1.50. The number of tetrazole rings is 1. The molecule has 0 saturated heterocycles. The van der Waals surface area contributed by atoms with Gasteiger partial charge >= 0.3 is 11.9 Å². The maximum absolute atomic E-state index is 10.3. The molecule has 0 saturated carbocycles. The van der Waals surface area contributed by atoms with Crippen molar-refractivity contribution in [1.29, 1.82) is 0 Å². The van der Waals surface area contributed by atoms with E-state index in [1.165, 1.54) is 4.68 Å². The molecule has 8 heteroatoms. The third-order valence-corrected chi connectivity index (χ3v) is 1.71. The predicted molar refractivity (Wildman–Crippen MR) is 46.0 cm³/mol. The van der Waals surface area contributed by atoms with Crippen molar-refractivity contribution in [3.8, 4) is 0 Å². The van der Waals surface area contributed by atoms with Crippen molar-refractivity contribution in [2.45, 2.75) is 25.8 Å². The van der Waals surface area contributed by atoms with Crippen LogP contribution in [0.5, 0.6) is 0 Å². The molecule has 0 aliphatic rings. The van der Waals surface area contributed by atoms with Crippen molar-refractivity contribution < 1.29 is 19.8 Å². The number of aromatic nitrogens is 4. The average Bonchev–Trinajstić information content (AvgIpc) is 2.58. The van der Waals surface area contributed by atoms with E-state index in [0.29, 0.717) is 5.82 Å². The Hall–Kier alpha value is -1.99. The minimum absolute atomic E-state index is 0.0759. The molecular weight excluding hydrogens is 204 g/mol. The zero-order valence-electron chi connectivity index (χ0n) is 7.83. The third kappa shape index (κ3) is 3.71. The quantitative estimate of drug-likeness (QED) is 0.634. The van der Waals surface area contributed by atoms with Crippen LogP contribution >= 0.6 is 0 Å². The second-order valence-corrected chi connectivity index (χ2v) is 2.86. The third-order valence-electron chi connectivity index (χ3n) is 1.71. The van der Waals surface area contributed by atoms with Crippen LogP contribution in [0.3, 0.4) is 0 Å². The van der Waals surface area contributed by atoms with Gasteiger partial charge in [-0.05, 0) is 10.4 Å². The topological polar surface area (TPSA) is 118 Å². The lowest BCUT2D eigenvalue weighted by Gasteiger charge is -2.00. The van der Waals surface area contributed by atoms with E-state index in [2.05, 4.69) is 15.5 Å². The molecule has 0 spiro atoms. The molecule has 8 nitrogen and oxygen atoms in total. The summed E-state index contributed by atoms with van der Waals surface area (Å²) in [6, 6.07) is 0. The highest BCUT2D eigenvalue weighted by Crippen LogP contribution is 1.99. The van der Waals surface area contributed by atoms with Crippen molar-refractivity contribution in [2.24, 2.45) is 0 Å². The first-order chi connectivity index (χ1) is 7.09. The zero-order chi connectivity index (χ0) is 11.3. The van der Waals surface area contributed by atoms with Gasteiger partial charge < -0.3 is 10.2 Å². The van der Waals surface area contributed by atoms with Crippen molar-refractivity contribution in [3.05, 3.63) is 5.82 Å². The van der Waals surface area contributed by atoms with Crippen molar-refractivity contribution >= 4 is 11.9 Å². The molecule has 0 fully saturated rings. The molecule has 0 radical (unpaired) electrons. The van der Waals surface area contributed by atoms with E-state index in [0.717, 1.165) is 0 Å². The van der Waals surface area contributed by atoms with Crippen LogP contribution in [0.1, 0.15) is 18.7 Å². The van der Waals surface area contributed by atoms with Gasteiger partial charge in [-0.3, -0.25) is 9.59 Å². The highest BCUT2D eigenvalue weighted by atomic mass is 16.4. The van der Waals surface area contributed by atoms with Gasteiger partial charge in [0.05, 0.1) is 19.4 Å². The van der Waals surface area contributed by atoms with Crippen LogP contribution in [0, 0.1) is 0 Å². The number of rotatable bonds is 6. The number of hydrogen-bond donors (Lipinski definition) is 2. The number of carboxylic acids is 2. The maximum atomic E-state index is 10.3. The first kappa shape index (κ1) is 11.1. The van der Waals surface area contributed by atoms with Crippen LogP contribution < -0.4 is 0 Å². The Bertz CT molecular complexity index is 329. The lowest BCUT2D eigenvalue weighted by molar-refractivity contribution is -0.138. The normalized spacial score (nSPS) is 10.1. The second kappa shape index (κ2) is 5.03. The van der Waals surface area contributed by atoms with E-state index in [1.54, 1.807) is 0 Å². The number of hydrogen-bond acceptors (Lipinski definition) is 5. The number of carbonyl (C=O) groups is 2. The summed E-state index contributed by atoms with van der Waals surface area (Å²) in [6.07, 6.45) is 0.0283. The summed E-state index contributed by atoms with van der Waals surface area (Å²) >= 11 is 0. The molecule has 0 bridgehead atoms. The van der Waals surface area contributed by atoms with Crippen molar-refractivity contribution in [1.82, 2.24) is 20.2 Å². The maximum Gasteiger partial charge on any atom is 0.305 e. The fraction of sp³-hybridized carbons (Fsp3) is 0.571. The van der Waals surface area contributed by atoms with E-state index in [1.807, 2.05) is 0 Å². The molecule has 1 aromatic rings. The fourth-order valence-corrected chi connectivity index (χ4v) is 0.996. The van der Waals surface area contributed by atoms with Crippen LogP contribution in [0.25, 0.3) is 0 Å². The largest absolute Gasteiger partial charge is 0.481 e. The molecule has 1 aromatic heterocycles. The van der Waals surface area contributed by atoms with Gasteiger partial charge in [0.25, 0.3) is 0 Å². The van der Waals surface area contributed by atoms with Gasteiger partial charge in [0.1, 0.15) is 0 Å². The van der Waals surface area contributed by atoms with E-state index >= 15 is 0 Å². The monoisotopic (exact) mass is 214 g/mol. The highest BCUT2D eigenvalue weighted by Gasteiger charge is 2.09. The van der Waals surface area contributed by atoms with E-state index in [4.69, 9.17) is 10.2 Å². The standard InChI is InChI=1S/C7H10N4O4/c12-6(13)2-1-5-8-9-10-11(5)4-3-7(14)15/h1-4H2,(H,12,13)(H,14,15). The molecule has 2 N–H and O–H groups in total. The molecule has 0 aliphatic heterocycles. The minimum atomic E-state index is -0.949. The molecule has 0 amide bonds. The molecule has 0 atom stereocenters. The first-order valence-corrected chi connectivity index (χ1v) is 4.28. The van der Waals surface area contributed by atoms with E-state index < -0.39 is 11.9 Å². The van der Waals surface area contributed by atoms with Gasteiger partial charge in [0.15, 0.2) is 5.82 Å². The number of nitrogens with zero attached hydrogens (tertiary/aromatic N) is 4. The lowest BCUT2D eigenvalue weighted by atomic mass is 10.3. The van der Waals surface area contributed by atoms with Crippen LogP contribution in [0.2, 0.25) is 0 Å². The Morgan fingerprint density at radius 2 is 1.87 bits per heavy atom. The average molecular weight is 214 g/mol. The Kier molecular flexibility index (Phi) is 3.72. The lowest BCUT2D eigenvalue weighted by Crippen LogP contribution is -2.11. The summed E-state index contributed by atoms with van der Waals surface area (Å²) in [5.41, 5.74) is 0. The molecule has 15 heavy (non-hydrogen) atoms. The van der Waals surface area contributed by atoms with Gasteiger partial charge in [-0.15, -0.1) is 5.10 Å². The summed E-state index contributed by atoms with van der Waals surface area (Å²) in [4.78, 5) is 20.6. The van der Waals surface area contributed by atoms with Crippen LogP contribution in [-0.4, -0.2) is 42.4 Å². The summed E-state index contributed by atoms with van der Waals surface area (Å²) in [6.45, 7) is 0.150. The van der Waals surface area contributed by atoms with Gasteiger partial charge in [0.2, 0.25) is 0 Å². The molecule has 1 rings (SSSR count). The van der Waals surface area contributed by atoms with Crippen LogP contribution in [-0.2, 0) is 22.6 Å². The smallest absolute Gasteiger partial charge is 0.305 e. The van der Waals surface area contributed by atoms with Gasteiger partial charge in [-0.2, -0.15) is 0 Å². The van der Waals surface area contributed by atoms with E-state index in [-0.39, 0.29) is 25.8 Å². The molecule has 0 unspecified atom stereocenters. The number of carboxylic acid groups (broad SMARTS) is 2. The number of aryl methyl sites for hydroxylation is 2. The Labute approximate surface area is 84.5 Å². The Balaban J connectivity index is 2.53. The Morgan fingerprint density at radius 3 is 2.47 bits per heavy atom. The van der Waals surface area contributed by atoms with Crippen molar-refractivity contribution in [3.63, 3.8) is 0 Å². The first-order valence-electron chi connectivity index (χ1n) is 4.28. The predicted octanol–water partition coefficient (Wildman–Crippen LogP) is -0.835. The molecule has 1 heterocycles. The summed E-state index contributed by atoms with van der Waals surface area (Å²) < 4.78 is 1.30. The highest BCUT2D eigenvalue weighted by molar-refractivity contribution is 5.67. The van der Waals surface area contributed by atoms with Crippen LogP contribution in [0.4, 0.5) is 0 Å². The molecule has 0 aliphatic carbocycles.